The molecule has 0 aliphatic rings. The Bertz CT molecular complexity index is 8.00. The normalized spacial score (nSPS) is 0. The van der Waals surface area contributed by atoms with E-state index in [-0.39, 0.29) is 101 Å². The summed E-state index contributed by atoms with van der Waals surface area (Å²) in [5.74, 6) is 0. The van der Waals surface area contributed by atoms with Crippen molar-refractivity contribution >= 4 is 28.3 Å². The van der Waals surface area contributed by atoms with E-state index in [0.717, 1.165) is 0 Å². The van der Waals surface area contributed by atoms with E-state index in [1.165, 1.54) is 0 Å². The van der Waals surface area contributed by atoms with Gasteiger partial charge in [0.1, 0.15) is 0 Å². The first-order valence-corrected chi connectivity index (χ1v) is 0. The molecule has 2 radical (unpaired) electrons. The van der Waals surface area contributed by atoms with E-state index in [1.807, 2.05) is 0 Å². The van der Waals surface area contributed by atoms with Crippen LogP contribution in [0.3, 0.4) is 0 Å². The van der Waals surface area contributed by atoms with Gasteiger partial charge in [0, 0.05) is 72.9 Å². The van der Waals surface area contributed by atoms with Crippen molar-refractivity contribution in [1.29, 1.82) is 0 Å². The average molecular weight is 367 g/mol. The first kappa shape index (κ1) is 27.1. The maximum absolute atomic E-state index is 0. The van der Waals surface area contributed by atoms with E-state index in [0.29, 0.717) is 0 Å². The van der Waals surface area contributed by atoms with Gasteiger partial charge in [0.2, 0.25) is 0 Å². The first-order valence-electron chi connectivity index (χ1n) is 0. The van der Waals surface area contributed by atoms with Crippen LogP contribution in [-0.2, 0) is 0 Å². The van der Waals surface area contributed by atoms with Gasteiger partial charge in [0.05, 0.1) is 0 Å². The molecular weight excluding hydrogens is 361 g/mol. The van der Waals surface area contributed by atoms with E-state index in [1.54, 1.807) is 0 Å². The second-order valence-corrected chi connectivity index (χ2v) is 0. The van der Waals surface area contributed by atoms with E-state index < -0.39 is 0 Å². The molecule has 0 N–H and O–H groups in total. The number of rotatable bonds is 0. The summed E-state index contributed by atoms with van der Waals surface area (Å²) in [7, 11) is 0. The molecule has 0 aliphatic heterocycles. The maximum atomic E-state index is 0. The molecule has 0 aromatic rings. The van der Waals surface area contributed by atoms with Gasteiger partial charge in [-0.2, -0.15) is 0 Å². The fourth-order valence-electron chi connectivity index (χ4n) is 0. The molecule has 0 atom stereocenters. The van der Waals surface area contributed by atoms with Crippen LogP contribution in [0, 0.1) is 72.9 Å². The van der Waals surface area contributed by atoms with E-state index >= 15 is 0 Å². The average Bonchev–Trinajstić information content (AvgIpc) is 0. The molecule has 4 heavy (non-hydrogen) atoms. The molecule has 0 saturated heterocycles. The summed E-state index contributed by atoms with van der Waals surface area (Å²) in [6.45, 7) is 0. The van der Waals surface area contributed by atoms with Gasteiger partial charge in [-0.05, 0) is 11.0 Å². The minimum Gasteiger partial charge on any atom is -0.0125 e. The van der Waals surface area contributed by atoms with Crippen LogP contribution in [0.4, 0.5) is 0 Å². The Hall–Kier alpha value is 3.19. The van der Waals surface area contributed by atoms with Gasteiger partial charge >= 0.3 is 0 Å². The zero-order valence-electron chi connectivity index (χ0n) is 1.87. The van der Waals surface area contributed by atoms with Gasteiger partial charge in [-0.3, -0.25) is 0 Å². The summed E-state index contributed by atoms with van der Waals surface area (Å²) in [5, 5.41) is 0. The molecule has 0 unspecified atom stereocenters. The monoisotopic (exact) mass is 366 g/mol. The van der Waals surface area contributed by atoms with Crippen LogP contribution in [0.2, 0.25) is 0 Å². The summed E-state index contributed by atoms with van der Waals surface area (Å²) in [6.07, 6.45) is 0. The van der Waals surface area contributed by atoms with Crippen LogP contribution >= 0.6 is 0 Å². The second kappa shape index (κ2) is 16.4. The minimum atomic E-state index is 0. The van der Waals surface area contributed by atoms with E-state index in [2.05, 4.69) is 0 Å². The molecule has 0 rings (SSSR count). The van der Waals surface area contributed by atoms with Crippen molar-refractivity contribution in [3.8, 4) is 0 Å². The molecule has 0 spiro atoms. The SMILES string of the molecule is [AlH3].[Er].[La].[SiH3]. The predicted octanol–water partition coefficient (Wildman–Crippen LogP) is -2.37. The standard InChI is InChI=1S/Al.Er.La.H3Si.3H/h;;;1H3;;;. The zero-order chi connectivity index (χ0) is 0. The summed E-state index contributed by atoms with van der Waals surface area (Å²) < 4.78 is 0. The van der Waals surface area contributed by atoms with Crippen molar-refractivity contribution in [3.05, 3.63) is 0 Å². The summed E-state index contributed by atoms with van der Waals surface area (Å²) in [4.78, 5) is 0. The van der Waals surface area contributed by atoms with Gasteiger partial charge in [0.25, 0.3) is 0 Å². The number of hydrogen-bond acceptors (Lipinski definition) is 0. The quantitative estimate of drug-likeness (QED) is 0.420. The van der Waals surface area contributed by atoms with Crippen molar-refractivity contribution in [3.63, 3.8) is 0 Å². The maximum Gasteiger partial charge on any atom is 0.187 e. The van der Waals surface area contributed by atoms with Crippen LogP contribution < -0.4 is 0 Å². The first-order chi connectivity index (χ1) is 0. The molecule has 0 bridgehead atoms. The second-order valence-electron chi connectivity index (χ2n) is 0. The van der Waals surface area contributed by atoms with Gasteiger partial charge in [-0.25, -0.2) is 0 Å². The van der Waals surface area contributed by atoms with Crippen LogP contribution in [0.1, 0.15) is 0 Å². The van der Waals surface area contributed by atoms with Crippen molar-refractivity contribution in [1.82, 2.24) is 0 Å². The van der Waals surface area contributed by atoms with Gasteiger partial charge < -0.3 is 0 Å². The summed E-state index contributed by atoms with van der Waals surface area (Å²) >= 11 is 0. The molecule has 0 heterocycles. The van der Waals surface area contributed by atoms with E-state index in [9.17, 15) is 0 Å². The minimum absolute atomic E-state index is 0. The molecule has 0 aromatic heterocycles. The van der Waals surface area contributed by atoms with Crippen LogP contribution in [-0.4, -0.2) is 28.3 Å². The third-order valence-corrected chi connectivity index (χ3v) is 0. The van der Waals surface area contributed by atoms with Crippen molar-refractivity contribution < 1.29 is 72.9 Å². The Morgan fingerprint density at radius 1 is 1.00 bits per heavy atom. The molecule has 0 amide bonds. The molecule has 4 heteroatoms. The zero-order valence-corrected chi connectivity index (χ0v) is 9.34. The molecule has 0 saturated carbocycles. The van der Waals surface area contributed by atoms with Crippen molar-refractivity contribution in [2.24, 2.45) is 0 Å². The molecular formula is H6AlErLaSi. The number of hydrogen-bond donors (Lipinski definition) is 0. The summed E-state index contributed by atoms with van der Waals surface area (Å²) in [6, 6.07) is 0. The fraction of sp³-hybridized carbons (Fsp3) is 0. The van der Waals surface area contributed by atoms with Gasteiger partial charge in [-0.15, -0.1) is 0 Å². The Balaban J connectivity index is 0. The Morgan fingerprint density at radius 3 is 1.00 bits per heavy atom. The van der Waals surface area contributed by atoms with Gasteiger partial charge in [0.15, 0.2) is 17.4 Å². The van der Waals surface area contributed by atoms with Gasteiger partial charge in [-0.1, -0.05) is 0 Å². The van der Waals surface area contributed by atoms with Crippen LogP contribution in [0.5, 0.6) is 0 Å². The van der Waals surface area contributed by atoms with Crippen molar-refractivity contribution in [2.45, 2.75) is 0 Å². The Labute approximate surface area is 98.8 Å². The van der Waals surface area contributed by atoms with Crippen molar-refractivity contribution in [2.75, 3.05) is 0 Å². The molecule has 0 fully saturated rings. The summed E-state index contributed by atoms with van der Waals surface area (Å²) in [5.41, 5.74) is 0. The third-order valence-electron chi connectivity index (χ3n) is 0. The predicted molar refractivity (Wildman–Crippen MR) is 19.9 cm³/mol. The van der Waals surface area contributed by atoms with Crippen LogP contribution in [0.25, 0.3) is 0 Å². The third kappa shape index (κ3) is 8.95. The Kier molecular flexibility index (Phi) is 111. The molecule has 28 valence electrons. The van der Waals surface area contributed by atoms with Crippen LogP contribution in [0.15, 0.2) is 0 Å². The smallest absolute Gasteiger partial charge is 0.0125 e. The molecule has 0 aliphatic carbocycles. The Morgan fingerprint density at radius 2 is 1.00 bits per heavy atom. The molecule has 0 nitrogen and oxygen atoms in total. The molecule has 0 aromatic carbocycles. The largest absolute Gasteiger partial charge is 0.187 e. The fourth-order valence-corrected chi connectivity index (χ4v) is 0. The van der Waals surface area contributed by atoms with E-state index in [4.69, 9.17) is 0 Å². The topological polar surface area (TPSA) is 0 Å².